The zero-order valence-corrected chi connectivity index (χ0v) is 15.1. The standard InChI is InChI=1S/C22H18N4O2/c27-13-26(16-9-10-16)15-7-5-14(6-8-15)24-19-11-12-23-21-20(19)17-3-1-2-4-18(17)22(28)25-21/h1-8,11-13,16H,9-10H2,(H2,23,24,25,28). The highest BCUT2D eigenvalue weighted by Crippen LogP contribution is 2.33. The van der Waals surface area contributed by atoms with Crippen LogP contribution in [0.15, 0.2) is 65.6 Å². The molecule has 2 N–H and O–H groups in total. The van der Waals surface area contributed by atoms with E-state index in [1.165, 1.54) is 0 Å². The van der Waals surface area contributed by atoms with Crippen LogP contribution in [0, 0.1) is 0 Å². The zero-order valence-electron chi connectivity index (χ0n) is 15.1. The smallest absolute Gasteiger partial charge is 0.257 e. The summed E-state index contributed by atoms with van der Waals surface area (Å²) in [7, 11) is 0. The van der Waals surface area contributed by atoms with Crippen molar-refractivity contribution in [2.24, 2.45) is 0 Å². The van der Waals surface area contributed by atoms with Crippen molar-refractivity contribution in [3.8, 4) is 0 Å². The van der Waals surface area contributed by atoms with Gasteiger partial charge in [-0.05, 0) is 49.2 Å². The Morgan fingerprint density at radius 1 is 1.04 bits per heavy atom. The molecule has 2 aromatic carbocycles. The molecule has 138 valence electrons. The van der Waals surface area contributed by atoms with Crippen LogP contribution < -0.4 is 15.8 Å². The molecule has 0 bridgehead atoms. The molecule has 1 amide bonds. The highest BCUT2D eigenvalue weighted by molar-refractivity contribution is 6.10. The Bertz CT molecular complexity index is 1240. The number of amides is 1. The van der Waals surface area contributed by atoms with E-state index >= 15 is 0 Å². The number of carbonyl (C=O) groups is 1. The average molecular weight is 370 g/mol. The highest BCUT2D eigenvalue weighted by Gasteiger charge is 2.28. The van der Waals surface area contributed by atoms with Crippen LogP contribution in [0.2, 0.25) is 0 Å². The molecule has 0 spiro atoms. The first kappa shape index (κ1) is 16.5. The van der Waals surface area contributed by atoms with Gasteiger partial charge >= 0.3 is 0 Å². The number of fused-ring (bicyclic) bond motifs is 3. The maximum atomic E-state index is 12.3. The molecule has 1 aliphatic rings. The molecule has 2 aromatic heterocycles. The third-order valence-corrected chi connectivity index (χ3v) is 5.12. The van der Waals surface area contributed by atoms with Crippen molar-refractivity contribution < 1.29 is 4.79 Å². The van der Waals surface area contributed by atoms with E-state index in [9.17, 15) is 9.59 Å². The number of pyridine rings is 2. The molecule has 4 aromatic rings. The molecule has 0 saturated heterocycles. The summed E-state index contributed by atoms with van der Waals surface area (Å²) in [4.78, 5) is 32.6. The Morgan fingerprint density at radius 3 is 2.50 bits per heavy atom. The van der Waals surface area contributed by atoms with E-state index in [0.29, 0.717) is 17.1 Å². The third-order valence-electron chi connectivity index (χ3n) is 5.12. The van der Waals surface area contributed by atoms with Crippen LogP contribution in [0.3, 0.4) is 0 Å². The van der Waals surface area contributed by atoms with Crippen molar-refractivity contribution in [1.82, 2.24) is 9.97 Å². The van der Waals surface area contributed by atoms with E-state index < -0.39 is 0 Å². The molecular formula is C22H18N4O2. The summed E-state index contributed by atoms with van der Waals surface area (Å²) in [5.74, 6) is 0. The fourth-order valence-electron chi connectivity index (χ4n) is 3.59. The number of hydrogen-bond donors (Lipinski definition) is 2. The van der Waals surface area contributed by atoms with Crippen LogP contribution in [0.1, 0.15) is 12.8 Å². The van der Waals surface area contributed by atoms with Crippen LogP contribution in [0.25, 0.3) is 21.8 Å². The molecule has 2 heterocycles. The molecular weight excluding hydrogens is 352 g/mol. The van der Waals surface area contributed by atoms with Gasteiger partial charge < -0.3 is 15.2 Å². The third kappa shape index (κ3) is 2.79. The van der Waals surface area contributed by atoms with Crippen LogP contribution in [-0.4, -0.2) is 22.4 Å². The van der Waals surface area contributed by atoms with Gasteiger partial charge in [-0.15, -0.1) is 0 Å². The molecule has 0 atom stereocenters. The minimum Gasteiger partial charge on any atom is -0.355 e. The van der Waals surface area contributed by atoms with Crippen LogP contribution >= 0.6 is 0 Å². The highest BCUT2D eigenvalue weighted by atomic mass is 16.1. The molecule has 28 heavy (non-hydrogen) atoms. The van der Waals surface area contributed by atoms with Crippen molar-refractivity contribution in [2.75, 3.05) is 10.2 Å². The second-order valence-corrected chi connectivity index (χ2v) is 7.00. The van der Waals surface area contributed by atoms with Crippen LogP contribution in [0.4, 0.5) is 17.1 Å². The molecule has 0 radical (unpaired) electrons. The number of aromatic nitrogens is 2. The average Bonchev–Trinajstić information content (AvgIpc) is 3.55. The fourth-order valence-corrected chi connectivity index (χ4v) is 3.59. The van der Waals surface area contributed by atoms with Crippen LogP contribution in [-0.2, 0) is 4.79 Å². The van der Waals surface area contributed by atoms with E-state index in [2.05, 4.69) is 15.3 Å². The first-order valence-electron chi connectivity index (χ1n) is 9.25. The second-order valence-electron chi connectivity index (χ2n) is 7.00. The predicted molar refractivity (Wildman–Crippen MR) is 111 cm³/mol. The van der Waals surface area contributed by atoms with Gasteiger partial charge in [0.25, 0.3) is 5.56 Å². The van der Waals surface area contributed by atoms with Crippen molar-refractivity contribution >= 4 is 45.3 Å². The van der Waals surface area contributed by atoms with Gasteiger partial charge in [-0.3, -0.25) is 9.59 Å². The number of aromatic amines is 1. The van der Waals surface area contributed by atoms with Crippen molar-refractivity contribution in [1.29, 1.82) is 0 Å². The summed E-state index contributed by atoms with van der Waals surface area (Å²) in [5, 5.41) is 5.78. The van der Waals surface area contributed by atoms with Crippen molar-refractivity contribution in [2.45, 2.75) is 18.9 Å². The van der Waals surface area contributed by atoms with Gasteiger partial charge in [0, 0.05) is 39.8 Å². The Labute approximate surface area is 160 Å². The number of nitrogens with zero attached hydrogens (tertiary/aromatic N) is 2. The topological polar surface area (TPSA) is 78.1 Å². The number of hydrogen-bond acceptors (Lipinski definition) is 4. The molecule has 1 fully saturated rings. The van der Waals surface area contributed by atoms with Gasteiger partial charge in [-0.25, -0.2) is 4.98 Å². The van der Waals surface area contributed by atoms with E-state index in [-0.39, 0.29) is 5.56 Å². The lowest BCUT2D eigenvalue weighted by Crippen LogP contribution is -2.23. The minimum atomic E-state index is -0.147. The molecule has 6 nitrogen and oxygen atoms in total. The quantitative estimate of drug-likeness (QED) is 0.412. The molecule has 1 aliphatic carbocycles. The summed E-state index contributed by atoms with van der Waals surface area (Å²) in [6.07, 6.45) is 4.70. The molecule has 1 saturated carbocycles. The summed E-state index contributed by atoms with van der Waals surface area (Å²) in [6, 6.07) is 17.5. The normalized spacial score (nSPS) is 13.6. The van der Waals surface area contributed by atoms with Gasteiger partial charge in [0.05, 0.1) is 5.69 Å². The lowest BCUT2D eigenvalue weighted by atomic mass is 10.1. The van der Waals surface area contributed by atoms with Gasteiger partial charge in [-0.1, -0.05) is 18.2 Å². The number of anilines is 3. The van der Waals surface area contributed by atoms with Crippen molar-refractivity contribution in [3.05, 3.63) is 71.1 Å². The van der Waals surface area contributed by atoms with E-state index in [1.54, 1.807) is 11.1 Å². The van der Waals surface area contributed by atoms with E-state index in [4.69, 9.17) is 0 Å². The zero-order chi connectivity index (χ0) is 19.1. The first-order valence-corrected chi connectivity index (χ1v) is 9.25. The molecule has 0 unspecified atom stereocenters. The number of benzene rings is 2. The Hall–Kier alpha value is -3.67. The summed E-state index contributed by atoms with van der Waals surface area (Å²) in [6.45, 7) is 0. The van der Waals surface area contributed by atoms with E-state index in [1.807, 2.05) is 54.6 Å². The lowest BCUT2D eigenvalue weighted by molar-refractivity contribution is -0.107. The van der Waals surface area contributed by atoms with Gasteiger partial charge in [0.1, 0.15) is 5.65 Å². The SMILES string of the molecule is O=CN(c1ccc(Nc2ccnc3[nH]c(=O)c4ccccc4c23)cc1)C1CC1. The number of nitrogens with one attached hydrogen (secondary N) is 2. The van der Waals surface area contributed by atoms with Gasteiger partial charge in [-0.2, -0.15) is 0 Å². The fraction of sp³-hybridized carbons (Fsp3) is 0.136. The summed E-state index contributed by atoms with van der Waals surface area (Å²) in [5.41, 5.74) is 3.06. The summed E-state index contributed by atoms with van der Waals surface area (Å²) < 4.78 is 0. The number of H-pyrrole nitrogens is 1. The largest absolute Gasteiger partial charge is 0.355 e. The first-order chi connectivity index (χ1) is 13.7. The maximum absolute atomic E-state index is 12.3. The van der Waals surface area contributed by atoms with Gasteiger partial charge in [0.15, 0.2) is 0 Å². The number of carbonyl (C=O) groups excluding carboxylic acids is 1. The Morgan fingerprint density at radius 2 is 1.79 bits per heavy atom. The van der Waals surface area contributed by atoms with Crippen LogP contribution in [0.5, 0.6) is 0 Å². The predicted octanol–water partition coefficient (Wildman–Crippen LogP) is 3.95. The molecule has 5 rings (SSSR count). The monoisotopic (exact) mass is 370 g/mol. The maximum Gasteiger partial charge on any atom is 0.257 e. The minimum absolute atomic E-state index is 0.147. The van der Waals surface area contributed by atoms with Gasteiger partial charge in [0.2, 0.25) is 6.41 Å². The Kier molecular flexibility index (Phi) is 3.83. The Balaban J connectivity index is 1.56. The lowest BCUT2D eigenvalue weighted by Gasteiger charge is -2.17. The molecule has 0 aliphatic heterocycles. The summed E-state index contributed by atoms with van der Waals surface area (Å²) >= 11 is 0. The van der Waals surface area contributed by atoms with Crippen molar-refractivity contribution in [3.63, 3.8) is 0 Å². The number of rotatable bonds is 5. The molecule has 6 heteroatoms. The van der Waals surface area contributed by atoms with E-state index in [0.717, 1.165) is 47.1 Å². The second kappa shape index (κ2) is 6.49.